The minimum atomic E-state index is -4.61. The first-order valence-electron chi connectivity index (χ1n) is 14.6. The van der Waals surface area contributed by atoms with Crippen LogP contribution in [0.5, 0.6) is 0 Å². The summed E-state index contributed by atoms with van der Waals surface area (Å²) >= 11 is 5.87. The third-order valence-electron chi connectivity index (χ3n) is 7.94. The Morgan fingerprint density at radius 3 is 1.67 bits per heavy atom. The SMILES string of the molecule is CC(C)OC(=O)Nc1ccc(CN2CCC(C(NC(=O)CCl)(c3ccc(C(F)(F)F)cc3)c3ccc(C(F)(F)F)cc3)CC2)cc1. The van der Waals surface area contributed by atoms with Crippen LogP contribution in [-0.2, 0) is 34.0 Å². The number of carbonyl (C=O) groups is 2. The zero-order chi connectivity index (χ0) is 33.7. The molecule has 0 aromatic heterocycles. The third kappa shape index (κ3) is 8.52. The lowest BCUT2D eigenvalue weighted by Crippen LogP contribution is -2.55. The lowest BCUT2D eigenvalue weighted by Gasteiger charge is -2.46. The van der Waals surface area contributed by atoms with Crippen molar-refractivity contribution < 1.29 is 40.7 Å². The molecule has 248 valence electrons. The van der Waals surface area contributed by atoms with Crippen molar-refractivity contribution in [1.29, 1.82) is 0 Å². The Labute approximate surface area is 268 Å². The molecule has 1 aliphatic rings. The number of anilines is 1. The van der Waals surface area contributed by atoms with Crippen molar-refractivity contribution in [2.75, 3.05) is 24.3 Å². The Morgan fingerprint density at radius 1 is 0.804 bits per heavy atom. The predicted octanol–water partition coefficient (Wildman–Crippen LogP) is 8.19. The summed E-state index contributed by atoms with van der Waals surface area (Å²) in [6.45, 7) is 5.12. The number of hydrogen-bond acceptors (Lipinski definition) is 4. The number of ether oxygens (including phenoxy) is 1. The summed E-state index contributed by atoms with van der Waals surface area (Å²) in [6.07, 6.45) is -9.10. The second-order valence-electron chi connectivity index (χ2n) is 11.5. The number of nitrogens with one attached hydrogen (secondary N) is 2. The van der Waals surface area contributed by atoms with Crippen LogP contribution in [0.25, 0.3) is 0 Å². The fourth-order valence-electron chi connectivity index (χ4n) is 5.82. The van der Waals surface area contributed by atoms with Gasteiger partial charge in [0.15, 0.2) is 0 Å². The van der Waals surface area contributed by atoms with Gasteiger partial charge in [0.05, 0.1) is 22.8 Å². The van der Waals surface area contributed by atoms with Crippen LogP contribution in [0.4, 0.5) is 36.8 Å². The van der Waals surface area contributed by atoms with Crippen molar-refractivity contribution in [2.24, 2.45) is 5.92 Å². The molecule has 1 fully saturated rings. The van der Waals surface area contributed by atoms with Gasteiger partial charge in [0.25, 0.3) is 0 Å². The van der Waals surface area contributed by atoms with E-state index in [1.54, 1.807) is 26.0 Å². The fraction of sp³-hybridized carbons (Fsp3) is 0.394. The van der Waals surface area contributed by atoms with Gasteiger partial charge in [0.2, 0.25) is 5.91 Å². The largest absolute Gasteiger partial charge is 0.447 e. The van der Waals surface area contributed by atoms with Crippen LogP contribution >= 0.6 is 11.6 Å². The van der Waals surface area contributed by atoms with Crippen LogP contribution in [0, 0.1) is 5.92 Å². The topological polar surface area (TPSA) is 70.7 Å². The molecule has 46 heavy (non-hydrogen) atoms. The first-order chi connectivity index (χ1) is 21.6. The summed E-state index contributed by atoms with van der Waals surface area (Å²) in [5.41, 5.74) is -1.10. The van der Waals surface area contributed by atoms with Crippen LogP contribution in [0.3, 0.4) is 0 Å². The Hall–Kier alpha value is -3.77. The van der Waals surface area contributed by atoms with Crippen molar-refractivity contribution in [3.05, 3.63) is 101 Å². The van der Waals surface area contributed by atoms with Gasteiger partial charge >= 0.3 is 18.4 Å². The highest BCUT2D eigenvalue weighted by atomic mass is 35.5. The van der Waals surface area contributed by atoms with E-state index in [1.807, 2.05) is 12.1 Å². The number of rotatable bonds is 9. The summed E-state index contributed by atoms with van der Waals surface area (Å²) in [4.78, 5) is 26.9. The molecule has 0 radical (unpaired) electrons. The predicted molar refractivity (Wildman–Crippen MR) is 162 cm³/mol. The van der Waals surface area contributed by atoms with Gasteiger partial charge in [-0.15, -0.1) is 11.6 Å². The summed E-state index contributed by atoms with van der Waals surface area (Å²) in [5, 5.41) is 5.56. The molecule has 4 rings (SSSR count). The zero-order valence-electron chi connectivity index (χ0n) is 25.1. The summed E-state index contributed by atoms with van der Waals surface area (Å²) in [6, 6.07) is 15.9. The normalized spacial score (nSPS) is 15.1. The summed E-state index contributed by atoms with van der Waals surface area (Å²) in [5.74, 6) is -1.47. The highest BCUT2D eigenvalue weighted by Gasteiger charge is 2.45. The Morgan fingerprint density at radius 2 is 1.26 bits per heavy atom. The molecule has 0 spiro atoms. The second kappa shape index (κ2) is 14.3. The zero-order valence-corrected chi connectivity index (χ0v) is 25.9. The first kappa shape index (κ1) is 35.1. The molecule has 0 atom stereocenters. The lowest BCUT2D eigenvalue weighted by atomic mass is 9.68. The molecule has 0 unspecified atom stereocenters. The van der Waals surface area contributed by atoms with E-state index in [4.69, 9.17) is 16.3 Å². The monoisotopic (exact) mass is 669 g/mol. The van der Waals surface area contributed by atoms with E-state index < -0.39 is 52.8 Å². The van der Waals surface area contributed by atoms with Crippen molar-refractivity contribution in [2.45, 2.75) is 57.2 Å². The number of benzene rings is 3. The van der Waals surface area contributed by atoms with E-state index in [9.17, 15) is 35.9 Å². The quantitative estimate of drug-likeness (QED) is 0.178. The van der Waals surface area contributed by atoms with Gasteiger partial charge in [-0.3, -0.25) is 15.0 Å². The van der Waals surface area contributed by atoms with Gasteiger partial charge in [-0.25, -0.2) is 4.79 Å². The van der Waals surface area contributed by atoms with Gasteiger partial charge in [0.1, 0.15) is 5.88 Å². The molecule has 13 heteroatoms. The molecule has 6 nitrogen and oxygen atoms in total. The maximum absolute atomic E-state index is 13.4. The molecule has 1 heterocycles. The average Bonchev–Trinajstić information content (AvgIpc) is 3.00. The molecular weight excluding hydrogens is 636 g/mol. The fourth-order valence-corrected chi connectivity index (χ4v) is 5.89. The molecule has 2 amide bonds. The van der Waals surface area contributed by atoms with E-state index in [0.29, 0.717) is 49.3 Å². The molecule has 3 aromatic rings. The van der Waals surface area contributed by atoms with E-state index in [-0.39, 0.29) is 6.10 Å². The number of amides is 2. The molecular formula is C33H34ClF6N3O3. The molecule has 1 saturated heterocycles. The number of piperidine rings is 1. The molecule has 0 saturated carbocycles. The number of alkyl halides is 7. The minimum absolute atomic E-state index is 0.261. The Balaban J connectivity index is 1.61. The van der Waals surface area contributed by atoms with Crippen LogP contribution in [0.2, 0.25) is 0 Å². The van der Waals surface area contributed by atoms with Gasteiger partial charge in [-0.1, -0.05) is 36.4 Å². The maximum atomic E-state index is 13.4. The van der Waals surface area contributed by atoms with E-state index in [0.717, 1.165) is 29.8 Å². The number of likely N-dealkylation sites (tertiary alicyclic amines) is 1. The van der Waals surface area contributed by atoms with Crippen molar-refractivity contribution >= 4 is 29.3 Å². The number of nitrogens with zero attached hydrogens (tertiary/aromatic N) is 1. The molecule has 0 aliphatic carbocycles. The molecule has 3 aromatic carbocycles. The maximum Gasteiger partial charge on any atom is 0.416 e. The number of halogens is 7. The highest BCUT2D eigenvalue weighted by molar-refractivity contribution is 6.27. The van der Waals surface area contributed by atoms with Crippen molar-refractivity contribution in [3.63, 3.8) is 0 Å². The number of carbonyl (C=O) groups excluding carboxylic acids is 2. The number of hydrogen-bond donors (Lipinski definition) is 2. The smallest absolute Gasteiger partial charge is 0.416 e. The summed E-state index contributed by atoms with van der Waals surface area (Å²) in [7, 11) is 0. The molecule has 0 bridgehead atoms. The average molecular weight is 670 g/mol. The van der Waals surface area contributed by atoms with E-state index >= 15 is 0 Å². The third-order valence-corrected chi connectivity index (χ3v) is 8.19. The van der Waals surface area contributed by atoms with Crippen LogP contribution in [0.1, 0.15) is 54.5 Å². The minimum Gasteiger partial charge on any atom is -0.447 e. The van der Waals surface area contributed by atoms with Crippen LogP contribution < -0.4 is 10.6 Å². The lowest BCUT2D eigenvalue weighted by molar-refractivity contribution is -0.138. The van der Waals surface area contributed by atoms with Crippen LogP contribution in [0.15, 0.2) is 72.8 Å². The van der Waals surface area contributed by atoms with Gasteiger partial charge < -0.3 is 10.1 Å². The van der Waals surface area contributed by atoms with Gasteiger partial charge in [-0.05, 0) is 98.8 Å². The summed E-state index contributed by atoms with van der Waals surface area (Å²) < 4.78 is 85.7. The Kier molecular flexibility index (Phi) is 10.9. The van der Waals surface area contributed by atoms with Crippen LogP contribution in [-0.4, -0.2) is 42.0 Å². The first-order valence-corrected chi connectivity index (χ1v) is 15.2. The van der Waals surface area contributed by atoms with Crippen molar-refractivity contribution in [3.8, 4) is 0 Å². The molecule has 1 aliphatic heterocycles. The van der Waals surface area contributed by atoms with Gasteiger partial charge in [-0.2, -0.15) is 26.3 Å². The molecule has 2 N–H and O–H groups in total. The van der Waals surface area contributed by atoms with E-state index in [2.05, 4.69) is 15.5 Å². The Bertz CT molecular complexity index is 1410. The highest BCUT2D eigenvalue weighted by Crippen LogP contribution is 2.44. The van der Waals surface area contributed by atoms with Gasteiger partial charge in [0, 0.05) is 12.2 Å². The standard InChI is InChI=1S/C33H34ClF6N3O3/c1-21(2)46-30(45)41-28-13-3-22(4-14-28)20-43-17-15-25(16-18-43)31(42-29(44)19-34,23-5-9-26(10-6-23)32(35,36)37)24-7-11-27(12-8-24)33(38,39)40/h3-14,21,25H,15-20H2,1-2H3,(H,41,45)(H,42,44). The van der Waals surface area contributed by atoms with E-state index in [1.165, 1.54) is 24.3 Å². The van der Waals surface area contributed by atoms with Crippen molar-refractivity contribution in [1.82, 2.24) is 10.2 Å². The second-order valence-corrected chi connectivity index (χ2v) is 11.7.